The minimum Gasteiger partial charge on any atom is -0.489 e. The molecule has 1 aliphatic heterocycles. The molecule has 164 valence electrons. The first kappa shape index (κ1) is 21.6. The Labute approximate surface area is 190 Å². The summed E-state index contributed by atoms with van der Waals surface area (Å²) in [6, 6.07) is 20.3. The van der Waals surface area contributed by atoms with Crippen molar-refractivity contribution in [3.05, 3.63) is 101 Å². The molecule has 0 aliphatic carbocycles. The molecule has 2 heterocycles. The van der Waals surface area contributed by atoms with Gasteiger partial charge in [0, 0.05) is 36.6 Å². The van der Waals surface area contributed by atoms with Crippen LogP contribution in [0.4, 0.5) is 0 Å². The largest absolute Gasteiger partial charge is 0.489 e. The van der Waals surface area contributed by atoms with Crippen molar-refractivity contribution >= 4 is 11.3 Å². The fourth-order valence-corrected chi connectivity index (χ4v) is 3.71. The zero-order valence-corrected chi connectivity index (χ0v) is 18.7. The Hall–Kier alpha value is -3.60. The van der Waals surface area contributed by atoms with Crippen molar-refractivity contribution in [2.75, 3.05) is 13.1 Å². The van der Waals surface area contributed by atoms with E-state index < -0.39 is 0 Å². The Kier molecular flexibility index (Phi) is 6.85. The third-order valence-electron chi connectivity index (χ3n) is 5.62. The van der Waals surface area contributed by atoms with Gasteiger partial charge in [-0.15, -0.1) is 0 Å². The van der Waals surface area contributed by atoms with Crippen LogP contribution in [0.15, 0.2) is 78.9 Å². The van der Waals surface area contributed by atoms with Gasteiger partial charge < -0.3 is 15.4 Å². The van der Waals surface area contributed by atoms with Gasteiger partial charge in [-0.1, -0.05) is 50.2 Å². The number of hydrogen-bond acceptors (Lipinski definition) is 5. The van der Waals surface area contributed by atoms with Crippen LogP contribution < -0.4 is 15.4 Å². The van der Waals surface area contributed by atoms with Crippen LogP contribution in [0.1, 0.15) is 48.4 Å². The van der Waals surface area contributed by atoms with Gasteiger partial charge in [0.25, 0.3) is 0 Å². The second-order valence-corrected chi connectivity index (χ2v) is 8.28. The average Bonchev–Trinajstić information content (AvgIpc) is 2.85. The normalized spacial score (nSPS) is 13.3. The first-order chi connectivity index (χ1) is 15.6. The molecule has 0 atom stereocenters. The Bertz CT molecular complexity index is 1060. The van der Waals surface area contributed by atoms with E-state index in [1.807, 2.05) is 36.4 Å². The standard InChI is InChI=1S/C27H30N4O/c1-19(2)21-6-4-20(5-7-21)18-32-24-10-8-22(9-11-24)25(27-30-14-3-15-31-27)26(28)23-12-16-29-17-13-23/h4-13,16-17,19,28,30-31H,3,14-15,18H2,1-2H3. The van der Waals surface area contributed by atoms with Crippen LogP contribution in [0.2, 0.25) is 0 Å². The number of rotatable bonds is 7. The summed E-state index contributed by atoms with van der Waals surface area (Å²) in [6.07, 6.45) is 4.50. The van der Waals surface area contributed by atoms with Crippen molar-refractivity contribution in [2.24, 2.45) is 0 Å². The highest BCUT2D eigenvalue weighted by molar-refractivity contribution is 6.30. The van der Waals surface area contributed by atoms with E-state index in [-0.39, 0.29) is 0 Å². The summed E-state index contributed by atoms with van der Waals surface area (Å²) in [7, 11) is 0. The van der Waals surface area contributed by atoms with Crippen LogP contribution in [-0.2, 0) is 6.61 Å². The van der Waals surface area contributed by atoms with Crippen molar-refractivity contribution in [1.82, 2.24) is 15.6 Å². The van der Waals surface area contributed by atoms with E-state index in [2.05, 4.69) is 53.7 Å². The molecule has 1 fully saturated rings. The van der Waals surface area contributed by atoms with E-state index in [1.54, 1.807) is 12.4 Å². The number of allylic oxidation sites excluding steroid dienone is 1. The molecular formula is C27H30N4O. The average molecular weight is 427 g/mol. The lowest BCUT2D eigenvalue weighted by atomic mass is 9.95. The van der Waals surface area contributed by atoms with E-state index in [4.69, 9.17) is 10.1 Å². The molecule has 0 spiro atoms. The van der Waals surface area contributed by atoms with Crippen molar-refractivity contribution < 1.29 is 4.74 Å². The fraction of sp³-hybridized carbons (Fsp3) is 0.259. The van der Waals surface area contributed by atoms with Gasteiger partial charge in [-0.05, 0) is 53.3 Å². The van der Waals surface area contributed by atoms with Gasteiger partial charge in [0.15, 0.2) is 0 Å². The molecule has 2 aromatic carbocycles. The number of nitrogens with one attached hydrogen (secondary N) is 3. The highest BCUT2D eigenvalue weighted by Gasteiger charge is 2.18. The zero-order chi connectivity index (χ0) is 22.3. The number of benzene rings is 2. The fourth-order valence-electron chi connectivity index (χ4n) is 3.71. The monoisotopic (exact) mass is 426 g/mol. The molecule has 32 heavy (non-hydrogen) atoms. The molecule has 0 radical (unpaired) electrons. The van der Waals surface area contributed by atoms with Crippen LogP contribution in [0.3, 0.4) is 0 Å². The van der Waals surface area contributed by atoms with E-state index in [0.717, 1.165) is 53.3 Å². The molecule has 5 nitrogen and oxygen atoms in total. The molecular weight excluding hydrogens is 396 g/mol. The summed E-state index contributed by atoms with van der Waals surface area (Å²) in [5.74, 6) is 2.24. The van der Waals surface area contributed by atoms with Crippen molar-refractivity contribution in [3.63, 3.8) is 0 Å². The predicted octanol–water partition coefficient (Wildman–Crippen LogP) is 5.10. The second-order valence-electron chi connectivity index (χ2n) is 8.28. The summed E-state index contributed by atoms with van der Waals surface area (Å²) < 4.78 is 6.01. The molecule has 5 heteroatoms. The molecule has 1 saturated heterocycles. The van der Waals surface area contributed by atoms with Gasteiger partial charge in [-0.2, -0.15) is 0 Å². The molecule has 3 aromatic rings. The number of ether oxygens (including phenoxy) is 1. The summed E-state index contributed by atoms with van der Waals surface area (Å²) in [5.41, 5.74) is 5.60. The van der Waals surface area contributed by atoms with Crippen molar-refractivity contribution in [3.8, 4) is 5.75 Å². The Morgan fingerprint density at radius 2 is 1.56 bits per heavy atom. The first-order valence-corrected chi connectivity index (χ1v) is 11.1. The van der Waals surface area contributed by atoms with E-state index in [1.165, 1.54) is 5.56 Å². The van der Waals surface area contributed by atoms with Crippen molar-refractivity contribution in [1.29, 1.82) is 5.41 Å². The lowest BCUT2D eigenvalue weighted by Crippen LogP contribution is -2.37. The predicted molar refractivity (Wildman–Crippen MR) is 130 cm³/mol. The van der Waals surface area contributed by atoms with Gasteiger partial charge in [0.2, 0.25) is 0 Å². The van der Waals surface area contributed by atoms with Crippen LogP contribution in [0.25, 0.3) is 5.57 Å². The van der Waals surface area contributed by atoms with Crippen molar-refractivity contribution in [2.45, 2.75) is 32.8 Å². The molecule has 3 N–H and O–H groups in total. The van der Waals surface area contributed by atoms with Crippen LogP contribution in [0.5, 0.6) is 5.75 Å². The number of pyridine rings is 1. The minimum absolute atomic E-state index is 0.461. The third kappa shape index (κ3) is 5.17. The van der Waals surface area contributed by atoms with Gasteiger partial charge in [-0.25, -0.2) is 0 Å². The van der Waals surface area contributed by atoms with Gasteiger partial charge in [0.1, 0.15) is 18.2 Å². The number of aromatic nitrogens is 1. The van der Waals surface area contributed by atoms with E-state index in [0.29, 0.717) is 18.2 Å². The molecule has 1 aliphatic rings. The third-order valence-corrected chi connectivity index (χ3v) is 5.62. The molecule has 0 saturated carbocycles. The van der Waals surface area contributed by atoms with Gasteiger partial charge >= 0.3 is 0 Å². The number of nitrogens with zero attached hydrogens (tertiary/aromatic N) is 1. The maximum atomic E-state index is 8.86. The molecule has 4 rings (SSSR count). The highest BCUT2D eigenvalue weighted by atomic mass is 16.5. The van der Waals surface area contributed by atoms with E-state index in [9.17, 15) is 0 Å². The summed E-state index contributed by atoms with van der Waals surface area (Å²) in [5, 5.41) is 15.7. The lowest BCUT2D eigenvalue weighted by molar-refractivity contribution is 0.306. The molecule has 0 bridgehead atoms. The summed E-state index contributed by atoms with van der Waals surface area (Å²) in [4.78, 5) is 4.08. The van der Waals surface area contributed by atoms with Gasteiger partial charge in [-0.3, -0.25) is 10.4 Å². The Morgan fingerprint density at radius 3 is 2.19 bits per heavy atom. The lowest BCUT2D eigenvalue weighted by Gasteiger charge is -2.24. The SMILES string of the molecule is CC(C)c1ccc(COc2ccc(C(C(=N)c3ccncc3)=C3NCCCN3)cc2)cc1. The first-order valence-electron chi connectivity index (χ1n) is 11.1. The Balaban J connectivity index is 1.52. The highest BCUT2D eigenvalue weighted by Crippen LogP contribution is 2.25. The minimum atomic E-state index is 0.461. The maximum absolute atomic E-state index is 8.86. The summed E-state index contributed by atoms with van der Waals surface area (Å²) >= 11 is 0. The topological polar surface area (TPSA) is 70.0 Å². The van der Waals surface area contributed by atoms with Gasteiger partial charge in [0.05, 0.1) is 5.71 Å². The smallest absolute Gasteiger partial charge is 0.119 e. The summed E-state index contributed by atoms with van der Waals surface area (Å²) in [6.45, 7) is 6.72. The molecule has 0 amide bonds. The molecule has 1 aromatic heterocycles. The van der Waals surface area contributed by atoms with Crippen LogP contribution >= 0.6 is 0 Å². The maximum Gasteiger partial charge on any atom is 0.119 e. The number of hydrogen-bond donors (Lipinski definition) is 3. The quantitative estimate of drug-likeness (QED) is 0.460. The molecule has 0 unspecified atom stereocenters. The Morgan fingerprint density at radius 1 is 0.906 bits per heavy atom. The zero-order valence-electron chi connectivity index (χ0n) is 18.7. The second kappa shape index (κ2) is 10.1. The van der Waals surface area contributed by atoms with E-state index >= 15 is 0 Å². The van der Waals surface area contributed by atoms with Crippen LogP contribution in [0, 0.1) is 5.41 Å². The van der Waals surface area contributed by atoms with Crippen LogP contribution in [-0.4, -0.2) is 23.8 Å².